The fourth-order valence-electron chi connectivity index (χ4n) is 2.97. The molecule has 0 fully saturated rings. The van der Waals surface area contributed by atoms with E-state index in [0.29, 0.717) is 0 Å². The summed E-state index contributed by atoms with van der Waals surface area (Å²) >= 11 is 3.45. The molecule has 0 saturated carbocycles. The van der Waals surface area contributed by atoms with E-state index in [0.717, 1.165) is 23.9 Å². The van der Waals surface area contributed by atoms with E-state index in [4.69, 9.17) is 0 Å². The van der Waals surface area contributed by atoms with Crippen LogP contribution in [0.2, 0.25) is 0 Å². The van der Waals surface area contributed by atoms with Crippen LogP contribution in [-0.2, 0) is 18.5 Å². The molecule has 2 N–H and O–H groups in total. The molecular formula is C17H18BrNO. The van der Waals surface area contributed by atoms with Gasteiger partial charge in [-0.3, -0.25) is 0 Å². The lowest BCUT2D eigenvalue weighted by Crippen LogP contribution is -2.43. The van der Waals surface area contributed by atoms with Gasteiger partial charge in [0.05, 0.1) is 12.1 Å². The van der Waals surface area contributed by atoms with Crippen LogP contribution in [-0.4, -0.2) is 11.7 Å². The van der Waals surface area contributed by atoms with Gasteiger partial charge >= 0.3 is 0 Å². The van der Waals surface area contributed by atoms with Gasteiger partial charge in [-0.1, -0.05) is 52.3 Å². The molecule has 0 aromatic heterocycles. The molecular weight excluding hydrogens is 314 g/mol. The van der Waals surface area contributed by atoms with Crippen molar-refractivity contribution in [2.24, 2.45) is 0 Å². The number of fused-ring (bicyclic) bond motifs is 1. The van der Waals surface area contributed by atoms with Crippen LogP contribution < -0.4 is 5.32 Å². The summed E-state index contributed by atoms with van der Waals surface area (Å²) in [6.45, 7) is 0.905. The summed E-state index contributed by atoms with van der Waals surface area (Å²) in [6, 6.07) is 16.7. The first-order chi connectivity index (χ1) is 9.73. The molecule has 104 valence electrons. The average Bonchev–Trinajstić information content (AvgIpc) is 2.86. The van der Waals surface area contributed by atoms with Gasteiger partial charge in [-0.2, -0.15) is 0 Å². The second kappa shape index (κ2) is 5.68. The summed E-state index contributed by atoms with van der Waals surface area (Å²) in [4.78, 5) is 0. The van der Waals surface area contributed by atoms with Gasteiger partial charge in [0.1, 0.15) is 0 Å². The Morgan fingerprint density at radius 3 is 2.60 bits per heavy atom. The fraction of sp³-hybridized carbons (Fsp3) is 0.294. The lowest BCUT2D eigenvalue weighted by molar-refractivity contribution is 0.159. The number of aryl methyl sites for hydroxylation is 1. The third-order valence-electron chi connectivity index (χ3n) is 4.17. The number of aliphatic hydroxyl groups excluding tert-OH is 1. The maximum absolute atomic E-state index is 9.92. The van der Waals surface area contributed by atoms with Gasteiger partial charge in [0.25, 0.3) is 0 Å². The molecule has 0 aliphatic heterocycles. The number of hydrogen-bond acceptors (Lipinski definition) is 2. The number of rotatable bonds is 4. The zero-order chi connectivity index (χ0) is 14.0. The molecule has 2 aromatic carbocycles. The van der Waals surface area contributed by atoms with Crippen LogP contribution >= 0.6 is 15.9 Å². The van der Waals surface area contributed by atoms with Crippen LogP contribution in [0.5, 0.6) is 0 Å². The number of halogens is 1. The Labute approximate surface area is 128 Å². The summed E-state index contributed by atoms with van der Waals surface area (Å²) < 4.78 is 1.09. The van der Waals surface area contributed by atoms with Crippen LogP contribution in [0.25, 0.3) is 0 Å². The standard InChI is InChI=1S/C17H18BrNO/c18-15-7-5-13(6-8-15)11-19-17(12-20)10-9-14-3-1-2-4-16(14)17/h1-8,19-20H,9-12H2. The summed E-state index contributed by atoms with van der Waals surface area (Å²) in [5.74, 6) is 0. The van der Waals surface area contributed by atoms with E-state index in [2.05, 4.69) is 57.6 Å². The average molecular weight is 332 g/mol. The Hall–Kier alpha value is -1.16. The van der Waals surface area contributed by atoms with Crippen LogP contribution in [0.1, 0.15) is 23.1 Å². The summed E-state index contributed by atoms with van der Waals surface area (Å²) in [7, 11) is 0. The molecule has 0 saturated heterocycles. The predicted molar refractivity (Wildman–Crippen MR) is 84.5 cm³/mol. The third kappa shape index (κ3) is 2.53. The van der Waals surface area contributed by atoms with Gasteiger partial charge in [0, 0.05) is 11.0 Å². The van der Waals surface area contributed by atoms with Crippen molar-refractivity contribution in [1.82, 2.24) is 5.32 Å². The highest BCUT2D eigenvalue weighted by Gasteiger charge is 2.37. The smallest absolute Gasteiger partial charge is 0.0677 e. The molecule has 1 unspecified atom stereocenters. The van der Waals surface area contributed by atoms with E-state index in [1.807, 2.05) is 12.1 Å². The van der Waals surface area contributed by atoms with Gasteiger partial charge in [0.15, 0.2) is 0 Å². The maximum atomic E-state index is 9.92. The lowest BCUT2D eigenvalue weighted by Gasteiger charge is -2.30. The van der Waals surface area contributed by atoms with Gasteiger partial charge < -0.3 is 10.4 Å². The van der Waals surface area contributed by atoms with Crippen molar-refractivity contribution in [3.05, 3.63) is 69.7 Å². The Morgan fingerprint density at radius 1 is 1.10 bits per heavy atom. The monoisotopic (exact) mass is 331 g/mol. The number of nitrogens with one attached hydrogen (secondary N) is 1. The first-order valence-electron chi connectivity index (χ1n) is 6.92. The highest BCUT2D eigenvalue weighted by atomic mass is 79.9. The van der Waals surface area contributed by atoms with Crippen molar-refractivity contribution in [2.45, 2.75) is 24.9 Å². The minimum absolute atomic E-state index is 0.139. The van der Waals surface area contributed by atoms with Crippen LogP contribution in [0, 0.1) is 0 Å². The Balaban J connectivity index is 1.80. The molecule has 0 amide bonds. The molecule has 20 heavy (non-hydrogen) atoms. The van der Waals surface area contributed by atoms with Crippen molar-refractivity contribution < 1.29 is 5.11 Å². The molecule has 2 nitrogen and oxygen atoms in total. The van der Waals surface area contributed by atoms with E-state index < -0.39 is 0 Å². The van der Waals surface area contributed by atoms with Crippen molar-refractivity contribution in [1.29, 1.82) is 0 Å². The van der Waals surface area contributed by atoms with Gasteiger partial charge in [-0.05, 0) is 41.7 Å². The van der Waals surface area contributed by atoms with Crippen molar-refractivity contribution in [3.8, 4) is 0 Å². The number of benzene rings is 2. The quantitative estimate of drug-likeness (QED) is 0.900. The predicted octanol–water partition coefficient (Wildman–Crippen LogP) is 3.37. The largest absolute Gasteiger partial charge is 0.394 e. The Morgan fingerprint density at radius 2 is 1.85 bits per heavy atom. The molecule has 1 aliphatic carbocycles. The van der Waals surface area contributed by atoms with Gasteiger partial charge in [-0.25, -0.2) is 0 Å². The molecule has 1 aliphatic rings. The molecule has 3 heteroatoms. The Kier molecular flexibility index (Phi) is 3.92. The fourth-order valence-corrected chi connectivity index (χ4v) is 3.23. The minimum Gasteiger partial charge on any atom is -0.394 e. The van der Waals surface area contributed by atoms with Crippen molar-refractivity contribution in [3.63, 3.8) is 0 Å². The molecule has 1 atom stereocenters. The topological polar surface area (TPSA) is 32.3 Å². The van der Waals surface area contributed by atoms with Crippen molar-refractivity contribution in [2.75, 3.05) is 6.61 Å². The zero-order valence-electron chi connectivity index (χ0n) is 11.3. The molecule has 2 aromatic rings. The lowest BCUT2D eigenvalue weighted by atomic mass is 9.92. The van der Waals surface area contributed by atoms with Crippen LogP contribution in [0.4, 0.5) is 0 Å². The number of hydrogen-bond donors (Lipinski definition) is 2. The third-order valence-corrected chi connectivity index (χ3v) is 4.70. The molecule has 0 radical (unpaired) electrons. The minimum atomic E-state index is -0.288. The molecule has 0 spiro atoms. The van der Waals surface area contributed by atoms with E-state index in [1.54, 1.807) is 0 Å². The highest BCUT2D eigenvalue weighted by Crippen LogP contribution is 2.36. The van der Waals surface area contributed by atoms with E-state index in [9.17, 15) is 5.11 Å². The van der Waals surface area contributed by atoms with Crippen LogP contribution in [0.15, 0.2) is 53.0 Å². The summed E-state index contributed by atoms with van der Waals surface area (Å²) in [5, 5.41) is 13.5. The second-order valence-corrected chi connectivity index (χ2v) is 6.29. The first-order valence-corrected chi connectivity index (χ1v) is 7.71. The van der Waals surface area contributed by atoms with Crippen LogP contribution in [0.3, 0.4) is 0 Å². The zero-order valence-corrected chi connectivity index (χ0v) is 12.9. The first kappa shape index (κ1) is 13.8. The van der Waals surface area contributed by atoms with E-state index in [-0.39, 0.29) is 12.1 Å². The second-order valence-electron chi connectivity index (χ2n) is 5.38. The molecule has 0 bridgehead atoms. The van der Waals surface area contributed by atoms with Crippen molar-refractivity contribution >= 4 is 15.9 Å². The normalized spacial score (nSPS) is 20.9. The SMILES string of the molecule is OCC1(NCc2ccc(Br)cc2)CCc2ccccc21. The van der Waals surface area contributed by atoms with Gasteiger partial charge in [-0.15, -0.1) is 0 Å². The Bertz CT molecular complexity index is 596. The number of aliphatic hydroxyl groups is 1. The molecule has 0 heterocycles. The van der Waals surface area contributed by atoms with Gasteiger partial charge in [0.2, 0.25) is 0 Å². The summed E-state index contributed by atoms with van der Waals surface area (Å²) in [5.41, 5.74) is 3.54. The highest BCUT2D eigenvalue weighted by molar-refractivity contribution is 9.10. The maximum Gasteiger partial charge on any atom is 0.0677 e. The molecule has 3 rings (SSSR count). The summed E-state index contributed by atoms with van der Waals surface area (Å²) in [6.07, 6.45) is 1.99. The van der Waals surface area contributed by atoms with E-state index in [1.165, 1.54) is 16.7 Å². The van der Waals surface area contributed by atoms with E-state index >= 15 is 0 Å².